The molecule has 19 heavy (non-hydrogen) atoms. The third-order valence-electron chi connectivity index (χ3n) is 2.59. The molecule has 0 N–H and O–H groups in total. The van der Waals surface area contributed by atoms with Crippen molar-refractivity contribution in [2.24, 2.45) is 0 Å². The minimum Gasteiger partial charge on any atom is -0.452 e. The fourth-order valence-corrected chi connectivity index (χ4v) is 3.09. The Labute approximate surface area is 128 Å². The molecule has 2 rings (SSSR count). The molecule has 0 bridgehead atoms. The molecule has 0 fully saturated rings. The summed E-state index contributed by atoms with van der Waals surface area (Å²) in [6.45, 7) is 0.671. The summed E-state index contributed by atoms with van der Waals surface area (Å²) in [6.07, 6.45) is 5.20. The van der Waals surface area contributed by atoms with Crippen LogP contribution >= 0.6 is 31.9 Å². The molecular formula is C14H11Br2NO2. The first-order chi connectivity index (χ1) is 9.01. The van der Waals surface area contributed by atoms with Crippen molar-refractivity contribution in [3.8, 4) is 12.3 Å². The summed E-state index contributed by atoms with van der Waals surface area (Å²) >= 11 is 6.82. The SMILES string of the molecule is C#CCN(C)CC(=O)c1cc2cc(Br)cc(Br)c2o1. The van der Waals surface area contributed by atoms with Gasteiger partial charge >= 0.3 is 0 Å². The molecule has 0 saturated heterocycles. The first-order valence-corrected chi connectivity index (χ1v) is 7.13. The predicted octanol–water partition coefficient (Wildman–Crippen LogP) is 3.71. The number of halogens is 2. The number of benzene rings is 1. The van der Waals surface area contributed by atoms with Crippen LogP contribution in [0.15, 0.2) is 31.6 Å². The Morgan fingerprint density at radius 3 is 2.84 bits per heavy atom. The third kappa shape index (κ3) is 3.27. The Hall–Kier alpha value is -1.09. The summed E-state index contributed by atoms with van der Waals surface area (Å²) in [5, 5.41) is 0.879. The Morgan fingerprint density at radius 2 is 2.16 bits per heavy atom. The minimum absolute atomic E-state index is 0.0861. The molecule has 5 heteroatoms. The van der Waals surface area contributed by atoms with Gasteiger partial charge < -0.3 is 4.42 Å². The molecule has 3 nitrogen and oxygen atoms in total. The molecule has 0 aliphatic rings. The first kappa shape index (κ1) is 14.3. The third-order valence-corrected chi connectivity index (χ3v) is 3.63. The largest absolute Gasteiger partial charge is 0.452 e. The molecule has 0 aliphatic carbocycles. The summed E-state index contributed by atoms with van der Waals surface area (Å²) in [7, 11) is 1.80. The van der Waals surface area contributed by atoms with Gasteiger partial charge in [-0.05, 0) is 41.2 Å². The van der Waals surface area contributed by atoms with Gasteiger partial charge in [-0.3, -0.25) is 9.69 Å². The van der Waals surface area contributed by atoms with Crippen molar-refractivity contribution in [3.63, 3.8) is 0 Å². The summed E-state index contributed by atoms with van der Waals surface area (Å²) in [5.41, 5.74) is 0.672. The summed E-state index contributed by atoms with van der Waals surface area (Å²) < 4.78 is 7.34. The molecule has 1 aromatic carbocycles. The molecule has 1 aromatic heterocycles. The molecule has 0 radical (unpaired) electrons. The van der Waals surface area contributed by atoms with E-state index in [1.807, 2.05) is 12.1 Å². The lowest BCUT2D eigenvalue weighted by Crippen LogP contribution is -2.26. The number of likely N-dealkylation sites (N-methyl/N-ethyl adjacent to an activating group) is 1. The number of carbonyl (C=O) groups is 1. The molecule has 0 spiro atoms. The number of terminal acetylenes is 1. The highest BCUT2D eigenvalue weighted by Gasteiger charge is 2.15. The number of hydrogen-bond donors (Lipinski definition) is 0. The summed E-state index contributed by atoms with van der Waals surface area (Å²) in [6, 6.07) is 5.53. The highest BCUT2D eigenvalue weighted by atomic mass is 79.9. The Balaban J connectivity index is 2.29. The van der Waals surface area contributed by atoms with E-state index in [0.29, 0.717) is 17.9 Å². The average Bonchev–Trinajstić information content (AvgIpc) is 2.73. The number of Topliss-reactive ketones (excluding diaryl/α,β-unsaturated/α-hetero) is 1. The fraction of sp³-hybridized carbons (Fsp3) is 0.214. The second-order valence-corrected chi connectivity index (χ2v) is 5.99. The average molecular weight is 385 g/mol. The van der Waals surface area contributed by atoms with Crippen LogP contribution in [0.5, 0.6) is 0 Å². The first-order valence-electron chi connectivity index (χ1n) is 5.55. The highest BCUT2D eigenvalue weighted by Crippen LogP contribution is 2.31. The Kier molecular flexibility index (Phi) is 4.46. The van der Waals surface area contributed by atoms with Crippen molar-refractivity contribution in [2.75, 3.05) is 20.1 Å². The van der Waals surface area contributed by atoms with E-state index in [1.54, 1.807) is 18.0 Å². The van der Waals surface area contributed by atoms with Gasteiger partial charge in [0.25, 0.3) is 0 Å². The molecule has 0 unspecified atom stereocenters. The van der Waals surface area contributed by atoms with Gasteiger partial charge in [0.15, 0.2) is 5.76 Å². The van der Waals surface area contributed by atoms with Crippen molar-refractivity contribution in [2.45, 2.75) is 0 Å². The van der Waals surface area contributed by atoms with E-state index in [4.69, 9.17) is 10.8 Å². The van der Waals surface area contributed by atoms with Gasteiger partial charge in [-0.1, -0.05) is 21.9 Å². The topological polar surface area (TPSA) is 33.5 Å². The number of nitrogens with zero attached hydrogens (tertiary/aromatic N) is 1. The molecule has 0 amide bonds. The van der Waals surface area contributed by atoms with Crippen LogP contribution in [0.2, 0.25) is 0 Å². The normalized spacial score (nSPS) is 10.9. The van der Waals surface area contributed by atoms with E-state index in [9.17, 15) is 4.79 Å². The lowest BCUT2D eigenvalue weighted by molar-refractivity contribution is 0.0927. The van der Waals surface area contributed by atoms with E-state index in [0.717, 1.165) is 14.3 Å². The second-order valence-electron chi connectivity index (χ2n) is 4.22. The second kappa shape index (κ2) is 5.91. The van der Waals surface area contributed by atoms with Crippen LogP contribution in [0.25, 0.3) is 11.0 Å². The zero-order chi connectivity index (χ0) is 14.0. The monoisotopic (exact) mass is 383 g/mol. The maximum atomic E-state index is 12.1. The van der Waals surface area contributed by atoms with Crippen LogP contribution in [0.1, 0.15) is 10.6 Å². The van der Waals surface area contributed by atoms with Crippen LogP contribution in [0, 0.1) is 12.3 Å². The van der Waals surface area contributed by atoms with Gasteiger partial charge in [0.05, 0.1) is 17.6 Å². The Bertz CT molecular complexity index is 670. The van der Waals surface area contributed by atoms with E-state index in [1.165, 1.54) is 0 Å². The van der Waals surface area contributed by atoms with Crippen molar-refractivity contribution >= 4 is 48.6 Å². The van der Waals surface area contributed by atoms with Gasteiger partial charge in [0, 0.05) is 9.86 Å². The zero-order valence-corrected chi connectivity index (χ0v) is 13.4. The standard InChI is InChI=1S/C14H11Br2NO2/c1-3-4-17(2)8-12(18)13-6-9-5-10(15)7-11(16)14(9)19-13/h1,5-7H,4,8H2,2H3. The lowest BCUT2D eigenvalue weighted by Gasteiger charge is -2.10. The zero-order valence-electron chi connectivity index (χ0n) is 10.2. The number of hydrogen-bond acceptors (Lipinski definition) is 3. The highest BCUT2D eigenvalue weighted by molar-refractivity contribution is 9.11. The number of rotatable bonds is 4. The summed E-state index contributed by atoms with van der Waals surface area (Å²) in [4.78, 5) is 13.8. The molecule has 0 atom stereocenters. The number of ketones is 1. The number of furan rings is 1. The maximum absolute atomic E-state index is 12.1. The van der Waals surface area contributed by atoms with Gasteiger partial charge in [-0.15, -0.1) is 6.42 Å². The predicted molar refractivity (Wildman–Crippen MR) is 82.3 cm³/mol. The van der Waals surface area contributed by atoms with Crippen molar-refractivity contribution < 1.29 is 9.21 Å². The molecular weight excluding hydrogens is 374 g/mol. The van der Waals surface area contributed by atoms with E-state index in [2.05, 4.69) is 37.8 Å². The maximum Gasteiger partial charge on any atom is 0.211 e. The van der Waals surface area contributed by atoms with E-state index >= 15 is 0 Å². The van der Waals surface area contributed by atoms with Crippen LogP contribution < -0.4 is 0 Å². The minimum atomic E-state index is -0.0861. The van der Waals surface area contributed by atoms with Crippen LogP contribution in [-0.4, -0.2) is 30.8 Å². The number of fused-ring (bicyclic) bond motifs is 1. The van der Waals surface area contributed by atoms with Gasteiger partial charge in [-0.2, -0.15) is 0 Å². The van der Waals surface area contributed by atoms with Crippen molar-refractivity contribution in [3.05, 3.63) is 32.9 Å². The number of carbonyl (C=O) groups excluding carboxylic acids is 1. The van der Waals surface area contributed by atoms with E-state index < -0.39 is 0 Å². The molecule has 2 aromatic rings. The Morgan fingerprint density at radius 1 is 1.42 bits per heavy atom. The molecule has 0 aliphatic heterocycles. The van der Waals surface area contributed by atoms with Crippen molar-refractivity contribution in [1.82, 2.24) is 4.90 Å². The van der Waals surface area contributed by atoms with Crippen molar-refractivity contribution in [1.29, 1.82) is 0 Å². The quantitative estimate of drug-likeness (QED) is 0.595. The van der Waals surface area contributed by atoms with Gasteiger partial charge in [0.1, 0.15) is 5.58 Å². The van der Waals surface area contributed by atoms with Crippen LogP contribution in [0.3, 0.4) is 0 Å². The fourth-order valence-electron chi connectivity index (χ4n) is 1.75. The molecule has 98 valence electrons. The van der Waals surface area contributed by atoms with E-state index in [-0.39, 0.29) is 12.3 Å². The lowest BCUT2D eigenvalue weighted by atomic mass is 10.2. The molecule has 1 heterocycles. The van der Waals surface area contributed by atoms with Gasteiger partial charge in [-0.25, -0.2) is 0 Å². The van der Waals surface area contributed by atoms with Crippen LogP contribution in [0.4, 0.5) is 0 Å². The van der Waals surface area contributed by atoms with Crippen LogP contribution in [-0.2, 0) is 0 Å². The summed E-state index contributed by atoms with van der Waals surface area (Å²) in [5.74, 6) is 2.76. The molecule has 0 saturated carbocycles. The van der Waals surface area contributed by atoms with Gasteiger partial charge in [0.2, 0.25) is 5.78 Å². The smallest absolute Gasteiger partial charge is 0.211 e.